The molecule has 0 spiro atoms. The third kappa shape index (κ3) is 1.48. The first-order valence-electron chi connectivity index (χ1n) is 4.53. The molecule has 2 rings (SSSR count). The lowest BCUT2D eigenvalue weighted by molar-refractivity contribution is 0.134. The second-order valence-electron chi connectivity index (χ2n) is 3.42. The van der Waals surface area contributed by atoms with Gasteiger partial charge in [0.2, 0.25) is 0 Å². The van der Waals surface area contributed by atoms with Crippen LogP contribution in [-0.2, 0) is 18.0 Å². The van der Waals surface area contributed by atoms with Crippen LogP contribution in [0.1, 0.15) is 22.8 Å². The van der Waals surface area contributed by atoms with E-state index in [1.165, 1.54) is 0 Å². The first kappa shape index (κ1) is 9.45. The second kappa shape index (κ2) is 3.57. The summed E-state index contributed by atoms with van der Waals surface area (Å²) in [6.45, 7) is 1.18. The molecule has 1 aromatic carbocycles. The van der Waals surface area contributed by atoms with Crippen molar-refractivity contribution in [2.75, 3.05) is 6.54 Å². The van der Waals surface area contributed by atoms with E-state index in [1.54, 1.807) is 12.1 Å². The van der Waals surface area contributed by atoms with Gasteiger partial charge in [0.1, 0.15) is 5.75 Å². The van der Waals surface area contributed by atoms with Crippen molar-refractivity contribution < 1.29 is 14.9 Å². The Morgan fingerprint density at radius 1 is 1.36 bits per heavy atom. The Balaban J connectivity index is 2.42. The molecule has 0 radical (unpaired) electrons. The quantitative estimate of drug-likeness (QED) is 0.639. The van der Waals surface area contributed by atoms with E-state index in [0.29, 0.717) is 18.8 Å². The molecule has 4 N–H and O–H groups in total. The molecule has 1 atom stereocenters. The lowest BCUT2D eigenvalue weighted by atomic mass is 10.0. The van der Waals surface area contributed by atoms with E-state index < -0.39 is 6.10 Å². The van der Waals surface area contributed by atoms with Crippen LogP contribution in [0.5, 0.6) is 5.75 Å². The molecule has 1 aromatic rings. The summed E-state index contributed by atoms with van der Waals surface area (Å²) in [4.78, 5) is 0. The zero-order valence-corrected chi connectivity index (χ0v) is 7.73. The van der Waals surface area contributed by atoms with E-state index >= 15 is 0 Å². The SMILES string of the molecule is NCC(O)c1cc2c(cc1O)COC2. The van der Waals surface area contributed by atoms with Crippen molar-refractivity contribution >= 4 is 0 Å². The summed E-state index contributed by atoms with van der Waals surface area (Å²) in [5, 5.41) is 19.1. The number of aliphatic hydroxyl groups is 1. The molecule has 4 nitrogen and oxygen atoms in total. The standard InChI is InChI=1S/C10H13NO3/c11-3-10(13)8-1-6-4-14-5-7(6)2-9(8)12/h1-2,10,12-13H,3-5,11H2. The number of ether oxygens (including phenoxy) is 1. The van der Waals surface area contributed by atoms with Gasteiger partial charge in [0.15, 0.2) is 0 Å². The summed E-state index contributed by atoms with van der Waals surface area (Å²) < 4.78 is 5.21. The molecule has 0 saturated heterocycles. The number of hydrogen-bond acceptors (Lipinski definition) is 4. The predicted molar refractivity (Wildman–Crippen MR) is 50.6 cm³/mol. The number of rotatable bonds is 2. The monoisotopic (exact) mass is 195 g/mol. The van der Waals surface area contributed by atoms with E-state index in [4.69, 9.17) is 10.5 Å². The highest BCUT2D eigenvalue weighted by atomic mass is 16.5. The molecular formula is C10H13NO3. The molecule has 0 bridgehead atoms. The number of aliphatic hydroxyl groups excluding tert-OH is 1. The Morgan fingerprint density at radius 2 is 2.00 bits per heavy atom. The summed E-state index contributed by atoms with van der Waals surface area (Å²) in [6, 6.07) is 3.39. The molecule has 1 heterocycles. The highest BCUT2D eigenvalue weighted by Crippen LogP contribution is 2.31. The van der Waals surface area contributed by atoms with Gasteiger partial charge in [-0.3, -0.25) is 0 Å². The first-order chi connectivity index (χ1) is 6.72. The fourth-order valence-electron chi connectivity index (χ4n) is 1.63. The van der Waals surface area contributed by atoms with E-state index in [-0.39, 0.29) is 12.3 Å². The van der Waals surface area contributed by atoms with Crippen LogP contribution < -0.4 is 5.73 Å². The van der Waals surface area contributed by atoms with Crippen molar-refractivity contribution in [1.82, 2.24) is 0 Å². The highest BCUT2D eigenvalue weighted by molar-refractivity contribution is 5.43. The third-order valence-electron chi connectivity index (χ3n) is 2.45. The normalized spacial score (nSPS) is 16.7. The summed E-state index contributed by atoms with van der Waals surface area (Å²) in [7, 11) is 0. The van der Waals surface area contributed by atoms with E-state index in [9.17, 15) is 10.2 Å². The number of phenolic OH excluding ortho intramolecular Hbond substituents is 1. The van der Waals surface area contributed by atoms with E-state index in [1.807, 2.05) is 0 Å². The average molecular weight is 195 g/mol. The van der Waals surface area contributed by atoms with Crippen molar-refractivity contribution in [3.8, 4) is 5.75 Å². The Kier molecular flexibility index (Phi) is 2.41. The van der Waals surface area contributed by atoms with E-state index in [0.717, 1.165) is 11.1 Å². The van der Waals surface area contributed by atoms with Gasteiger partial charge in [-0.2, -0.15) is 0 Å². The lowest BCUT2D eigenvalue weighted by Gasteiger charge is -2.11. The zero-order chi connectivity index (χ0) is 10.1. The number of hydrogen-bond donors (Lipinski definition) is 3. The molecule has 1 aliphatic rings. The maximum atomic E-state index is 9.61. The summed E-state index contributed by atoms with van der Waals surface area (Å²) in [5.74, 6) is 0.0900. The van der Waals surface area contributed by atoms with Gasteiger partial charge >= 0.3 is 0 Å². The molecule has 1 aliphatic heterocycles. The highest BCUT2D eigenvalue weighted by Gasteiger charge is 2.18. The fourth-order valence-corrected chi connectivity index (χ4v) is 1.63. The van der Waals surface area contributed by atoms with Gasteiger partial charge in [-0.1, -0.05) is 0 Å². The molecule has 14 heavy (non-hydrogen) atoms. The minimum atomic E-state index is -0.805. The summed E-state index contributed by atoms with van der Waals surface area (Å²) in [5.41, 5.74) is 7.81. The van der Waals surface area contributed by atoms with Crippen molar-refractivity contribution in [3.05, 3.63) is 28.8 Å². The molecule has 76 valence electrons. The molecule has 0 aliphatic carbocycles. The van der Waals surface area contributed by atoms with Crippen molar-refractivity contribution in [1.29, 1.82) is 0 Å². The van der Waals surface area contributed by atoms with Crippen LogP contribution in [0.4, 0.5) is 0 Å². The van der Waals surface area contributed by atoms with Crippen molar-refractivity contribution in [2.24, 2.45) is 5.73 Å². The molecular weight excluding hydrogens is 182 g/mol. The third-order valence-corrected chi connectivity index (χ3v) is 2.45. The Bertz CT molecular complexity index is 351. The van der Waals surface area contributed by atoms with Gasteiger partial charge in [0, 0.05) is 12.1 Å². The van der Waals surface area contributed by atoms with Crippen molar-refractivity contribution in [2.45, 2.75) is 19.3 Å². The fraction of sp³-hybridized carbons (Fsp3) is 0.400. The molecule has 0 saturated carbocycles. The van der Waals surface area contributed by atoms with Crippen LogP contribution in [0.2, 0.25) is 0 Å². The van der Waals surface area contributed by atoms with Gasteiger partial charge in [0.05, 0.1) is 19.3 Å². The first-order valence-corrected chi connectivity index (χ1v) is 4.53. The molecule has 0 amide bonds. The largest absolute Gasteiger partial charge is 0.508 e. The minimum Gasteiger partial charge on any atom is -0.508 e. The van der Waals surface area contributed by atoms with Crippen LogP contribution in [-0.4, -0.2) is 16.8 Å². The van der Waals surface area contributed by atoms with Crippen LogP contribution in [0.3, 0.4) is 0 Å². The van der Waals surface area contributed by atoms with Gasteiger partial charge < -0.3 is 20.7 Å². The summed E-state index contributed by atoms with van der Waals surface area (Å²) >= 11 is 0. The second-order valence-corrected chi connectivity index (χ2v) is 3.42. The predicted octanol–water partition coefficient (Wildman–Crippen LogP) is 0.414. The Labute approximate surface area is 81.9 Å². The maximum Gasteiger partial charge on any atom is 0.121 e. The number of benzene rings is 1. The number of phenols is 1. The smallest absolute Gasteiger partial charge is 0.121 e. The van der Waals surface area contributed by atoms with Crippen LogP contribution in [0.25, 0.3) is 0 Å². The van der Waals surface area contributed by atoms with Crippen molar-refractivity contribution in [3.63, 3.8) is 0 Å². The number of aromatic hydroxyl groups is 1. The average Bonchev–Trinajstić information content (AvgIpc) is 2.62. The van der Waals surface area contributed by atoms with E-state index in [2.05, 4.69) is 0 Å². The van der Waals surface area contributed by atoms with Crippen LogP contribution >= 0.6 is 0 Å². The van der Waals surface area contributed by atoms with Gasteiger partial charge in [0.25, 0.3) is 0 Å². The van der Waals surface area contributed by atoms with Gasteiger partial charge in [-0.15, -0.1) is 0 Å². The topological polar surface area (TPSA) is 75.7 Å². The number of nitrogens with two attached hydrogens (primary N) is 1. The summed E-state index contributed by atoms with van der Waals surface area (Å²) in [6.07, 6.45) is -0.805. The molecule has 1 unspecified atom stereocenters. The van der Waals surface area contributed by atoms with Crippen LogP contribution in [0, 0.1) is 0 Å². The molecule has 0 aromatic heterocycles. The Hall–Kier alpha value is -1.10. The number of fused-ring (bicyclic) bond motifs is 1. The lowest BCUT2D eigenvalue weighted by Crippen LogP contribution is -2.12. The van der Waals surface area contributed by atoms with Gasteiger partial charge in [-0.05, 0) is 23.3 Å². The molecule has 0 fully saturated rings. The minimum absolute atomic E-state index is 0.0900. The Morgan fingerprint density at radius 3 is 2.64 bits per heavy atom. The molecule has 4 heteroatoms. The van der Waals surface area contributed by atoms with Crippen LogP contribution in [0.15, 0.2) is 12.1 Å². The van der Waals surface area contributed by atoms with Gasteiger partial charge in [-0.25, -0.2) is 0 Å². The zero-order valence-electron chi connectivity index (χ0n) is 7.73. The maximum absolute atomic E-state index is 9.61.